The summed E-state index contributed by atoms with van der Waals surface area (Å²) in [6.07, 6.45) is 0.337. The fraction of sp³-hybridized carbons (Fsp3) is 0.529. The maximum Gasteiger partial charge on any atom is 0.407 e. The molecule has 2 rings (SSSR count). The van der Waals surface area contributed by atoms with E-state index in [2.05, 4.69) is 26.6 Å². The summed E-state index contributed by atoms with van der Waals surface area (Å²) in [7, 11) is 0. The highest BCUT2D eigenvalue weighted by molar-refractivity contribution is 9.10. The number of ether oxygens (including phenoxy) is 2. The van der Waals surface area contributed by atoms with Crippen molar-refractivity contribution < 1.29 is 19.1 Å². The summed E-state index contributed by atoms with van der Waals surface area (Å²) >= 11 is 3.40. The molecule has 7 heteroatoms. The molecule has 0 aliphatic carbocycles. The fourth-order valence-corrected chi connectivity index (χ4v) is 2.83. The molecule has 1 heterocycles. The number of alkyl carbamates (subject to hydrolysis) is 1. The lowest BCUT2D eigenvalue weighted by Crippen LogP contribution is -2.35. The first kappa shape index (κ1) is 18.7. The first-order valence-electron chi connectivity index (χ1n) is 7.88. The third kappa shape index (κ3) is 6.13. The van der Waals surface area contributed by atoms with Gasteiger partial charge in [0.15, 0.2) is 0 Å². The van der Waals surface area contributed by atoms with Gasteiger partial charge in [0.25, 0.3) is 5.91 Å². The summed E-state index contributed by atoms with van der Waals surface area (Å²) in [6.45, 7) is 6.92. The molecule has 1 aromatic rings. The van der Waals surface area contributed by atoms with Gasteiger partial charge in [-0.3, -0.25) is 4.79 Å². The third-order valence-corrected chi connectivity index (χ3v) is 3.78. The van der Waals surface area contributed by atoms with Gasteiger partial charge in [-0.05, 0) is 51.0 Å². The van der Waals surface area contributed by atoms with Gasteiger partial charge < -0.3 is 20.1 Å². The Labute approximate surface area is 150 Å². The number of halogens is 1. The van der Waals surface area contributed by atoms with Crippen molar-refractivity contribution >= 4 is 27.9 Å². The van der Waals surface area contributed by atoms with E-state index in [1.807, 2.05) is 6.07 Å². The second-order valence-electron chi connectivity index (χ2n) is 6.74. The second kappa shape index (κ2) is 7.98. The topological polar surface area (TPSA) is 76.7 Å². The van der Waals surface area contributed by atoms with Gasteiger partial charge in [0.1, 0.15) is 5.60 Å². The summed E-state index contributed by atoms with van der Waals surface area (Å²) in [5, 5.41) is 5.64. The minimum Gasteiger partial charge on any atom is -0.444 e. The molecule has 0 aromatic heterocycles. The largest absolute Gasteiger partial charge is 0.444 e. The van der Waals surface area contributed by atoms with Crippen LogP contribution in [0.15, 0.2) is 22.7 Å². The van der Waals surface area contributed by atoms with Gasteiger partial charge in [-0.15, -0.1) is 0 Å². The van der Waals surface area contributed by atoms with Crippen molar-refractivity contribution in [2.24, 2.45) is 0 Å². The fourth-order valence-electron chi connectivity index (χ4n) is 2.29. The van der Waals surface area contributed by atoms with Crippen molar-refractivity contribution in [1.82, 2.24) is 10.6 Å². The maximum atomic E-state index is 12.3. The Hall–Kier alpha value is -1.60. The summed E-state index contributed by atoms with van der Waals surface area (Å²) in [4.78, 5) is 24.1. The van der Waals surface area contributed by atoms with Crippen LogP contribution in [0.3, 0.4) is 0 Å². The van der Waals surface area contributed by atoms with Crippen molar-refractivity contribution in [2.75, 3.05) is 13.2 Å². The molecule has 1 aromatic carbocycles. The van der Waals surface area contributed by atoms with Crippen molar-refractivity contribution in [3.05, 3.63) is 33.8 Å². The van der Waals surface area contributed by atoms with Crippen LogP contribution in [0, 0.1) is 0 Å². The van der Waals surface area contributed by atoms with E-state index < -0.39 is 11.7 Å². The van der Waals surface area contributed by atoms with Crippen molar-refractivity contribution in [3.8, 4) is 0 Å². The monoisotopic (exact) mass is 398 g/mol. The Morgan fingerprint density at radius 3 is 2.71 bits per heavy atom. The SMILES string of the molecule is CC(C)(C)OC(=O)NCc1cc(Br)cc(C(=O)NC2CCOC2)c1. The van der Waals surface area contributed by atoms with Gasteiger partial charge in [-0.2, -0.15) is 0 Å². The van der Waals surface area contributed by atoms with Crippen molar-refractivity contribution in [2.45, 2.75) is 45.4 Å². The zero-order valence-corrected chi connectivity index (χ0v) is 15.7. The summed E-state index contributed by atoms with van der Waals surface area (Å²) in [6, 6.07) is 5.42. The zero-order valence-electron chi connectivity index (χ0n) is 14.1. The molecule has 6 nitrogen and oxygen atoms in total. The minimum absolute atomic E-state index is 0.0554. The van der Waals surface area contributed by atoms with Crippen LogP contribution in [0.2, 0.25) is 0 Å². The van der Waals surface area contributed by atoms with E-state index >= 15 is 0 Å². The molecule has 1 fully saturated rings. The number of nitrogens with one attached hydrogen (secondary N) is 2. The molecule has 0 spiro atoms. The van der Waals surface area contributed by atoms with Crippen LogP contribution < -0.4 is 10.6 Å². The summed E-state index contributed by atoms with van der Waals surface area (Å²) < 4.78 is 11.2. The molecule has 0 saturated carbocycles. The number of carbonyl (C=O) groups excluding carboxylic acids is 2. The van der Waals surface area contributed by atoms with Crippen molar-refractivity contribution in [3.63, 3.8) is 0 Å². The average molecular weight is 399 g/mol. The molecule has 132 valence electrons. The Bertz CT molecular complexity index is 607. The molecule has 1 aliphatic rings. The van der Waals surface area contributed by atoms with E-state index in [0.717, 1.165) is 16.5 Å². The Morgan fingerprint density at radius 2 is 2.08 bits per heavy atom. The van der Waals surface area contributed by atoms with Gasteiger partial charge in [0.2, 0.25) is 0 Å². The smallest absolute Gasteiger partial charge is 0.407 e. The van der Waals surface area contributed by atoms with E-state index in [-0.39, 0.29) is 18.5 Å². The van der Waals surface area contributed by atoms with E-state index in [1.165, 1.54) is 0 Å². The maximum absolute atomic E-state index is 12.3. The minimum atomic E-state index is -0.546. The summed E-state index contributed by atoms with van der Waals surface area (Å²) in [5.74, 6) is -0.148. The van der Waals surface area contributed by atoms with E-state index in [9.17, 15) is 9.59 Å². The molecular formula is C17H23BrN2O4. The van der Waals surface area contributed by atoms with E-state index in [1.54, 1.807) is 32.9 Å². The number of rotatable bonds is 4. The molecule has 0 radical (unpaired) electrons. The molecule has 0 bridgehead atoms. The van der Waals surface area contributed by atoms with E-state index in [0.29, 0.717) is 18.8 Å². The molecule has 1 unspecified atom stereocenters. The number of benzene rings is 1. The number of amides is 2. The standard InChI is InChI=1S/C17H23BrN2O4/c1-17(2,3)24-16(22)19-9-11-6-12(8-13(18)7-11)15(21)20-14-4-5-23-10-14/h6-8,14H,4-5,9-10H2,1-3H3,(H,19,22)(H,20,21). The second-order valence-corrected chi connectivity index (χ2v) is 7.65. The van der Waals surface area contributed by atoms with Crippen LogP contribution in [0.1, 0.15) is 43.1 Å². The van der Waals surface area contributed by atoms with Gasteiger partial charge in [-0.25, -0.2) is 4.79 Å². The molecule has 1 saturated heterocycles. The Balaban J connectivity index is 1.97. The Morgan fingerprint density at radius 1 is 1.33 bits per heavy atom. The predicted octanol–water partition coefficient (Wildman–Crippen LogP) is 2.99. The van der Waals surface area contributed by atoms with Gasteiger partial charge in [-0.1, -0.05) is 15.9 Å². The van der Waals surface area contributed by atoms with Crippen LogP contribution in [-0.2, 0) is 16.0 Å². The predicted molar refractivity (Wildman–Crippen MR) is 93.9 cm³/mol. The molecule has 24 heavy (non-hydrogen) atoms. The van der Waals surface area contributed by atoms with Crippen LogP contribution in [0.25, 0.3) is 0 Å². The highest BCUT2D eigenvalue weighted by Gasteiger charge is 2.19. The highest BCUT2D eigenvalue weighted by Crippen LogP contribution is 2.17. The average Bonchev–Trinajstić information content (AvgIpc) is 2.95. The van der Waals surface area contributed by atoms with Gasteiger partial charge >= 0.3 is 6.09 Å². The summed E-state index contributed by atoms with van der Waals surface area (Å²) in [5.41, 5.74) is 0.802. The first-order chi connectivity index (χ1) is 11.2. The molecule has 1 aliphatic heterocycles. The van der Waals surface area contributed by atoms with Gasteiger partial charge in [0, 0.05) is 23.2 Å². The first-order valence-corrected chi connectivity index (χ1v) is 8.67. The molecule has 2 N–H and O–H groups in total. The number of hydrogen-bond donors (Lipinski definition) is 2. The Kier molecular flexibility index (Phi) is 6.23. The van der Waals surface area contributed by atoms with Crippen LogP contribution in [0.4, 0.5) is 4.79 Å². The third-order valence-electron chi connectivity index (χ3n) is 3.32. The zero-order chi connectivity index (χ0) is 17.7. The quantitative estimate of drug-likeness (QED) is 0.816. The molecule has 2 amide bonds. The lowest BCUT2D eigenvalue weighted by Gasteiger charge is -2.19. The van der Waals surface area contributed by atoms with Gasteiger partial charge in [0.05, 0.1) is 12.6 Å². The van der Waals surface area contributed by atoms with Crippen LogP contribution in [0.5, 0.6) is 0 Å². The lowest BCUT2D eigenvalue weighted by atomic mass is 10.1. The number of hydrogen-bond acceptors (Lipinski definition) is 4. The van der Waals surface area contributed by atoms with E-state index in [4.69, 9.17) is 9.47 Å². The van der Waals surface area contributed by atoms with Crippen LogP contribution in [-0.4, -0.2) is 36.9 Å². The highest BCUT2D eigenvalue weighted by atomic mass is 79.9. The molecular weight excluding hydrogens is 376 g/mol. The lowest BCUT2D eigenvalue weighted by molar-refractivity contribution is 0.0523. The van der Waals surface area contributed by atoms with Crippen LogP contribution >= 0.6 is 15.9 Å². The normalized spacial score (nSPS) is 17.4. The molecule has 1 atom stereocenters. The number of carbonyl (C=O) groups is 2. The van der Waals surface area contributed by atoms with Crippen molar-refractivity contribution in [1.29, 1.82) is 0 Å².